The fraction of sp³-hybridized carbons (Fsp3) is 0.306. The molecule has 13 heteroatoms. The molecule has 0 radical (unpaired) electrons. The van der Waals surface area contributed by atoms with Gasteiger partial charge in [0.2, 0.25) is 5.91 Å². The molecule has 49 heavy (non-hydrogen) atoms. The molecule has 0 unspecified atom stereocenters. The van der Waals surface area contributed by atoms with E-state index in [2.05, 4.69) is 25.2 Å². The summed E-state index contributed by atoms with van der Waals surface area (Å²) in [5.41, 5.74) is 3.88. The second-order valence-electron chi connectivity index (χ2n) is 12.0. The van der Waals surface area contributed by atoms with Crippen molar-refractivity contribution in [2.75, 3.05) is 58.4 Å². The molecule has 1 N–H and O–H groups in total. The highest BCUT2D eigenvalue weighted by Gasteiger charge is 2.28. The van der Waals surface area contributed by atoms with Crippen LogP contribution in [-0.2, 0) is 11.3 Å². The molecule has 0 bridgehead atoms. The molecule has 0 aliphatic carbocycles. The minimum absolute atomic E-state index is 0.0460. The Hall–Kier alpha value is -5.72. The standard InChI is InChI=1S/C36H37FN8O4/c1-48-31-9-11-38-22-28(31)26-20-25(24-6-5-13-44(23-24)33(46)10-14-45-15-12-39-41-45)34(37)35-27(26)21-29(40-35)36(47)43-18-16-42(17-19-43)30-7-3-4-8-32(30)49-2/h3-4,6-9,11-12,15,20-22,40H,5,10,13-14,16-19,23H2,1-2H3. The first-order valence-electron chi connectivity index (χ1n) is 16.3. The predicted molar refractivity (Wildman–Crippen MR) is 183 cm³/mol. The van der Waals surface area contributed by atoms with Gasteiger partial charge >= 0.3 is 0 Å². The van der Waals surface area contributed by atoms with Gasteiger partial charge in [0.1, 0.15) is 17.2 Å². The number of pyridine rings is 1. The number of para-hydroxylation sites is 2. The number of hydrogen-bond donors (Lipinski definition) is 1. The third kappa shape index (κ3) is 6.31. The molecule has 1 saturated heterocycles. The molecule has 0 saturated carbocycles. The van der Waals surface area contributed by atoms with Gasteiger partial charge in [-0.3, -0.25) is 19.3 Å². The maximum Gasteiger partial charge on any atom is 0.270 e. The minimum atomic E-state index is -0.482. The second-order valence-corrected chi connectivity index (χ2v) is 12.0. The average Bonchev–Trinajstić information content (AvgIpc) is 3.85. The van der Waals surface area contributed by atoms with Crippen molar-refractivity contribution in [3.8, 4) is 22.6 Å². The van der Waals surface area contributed by atoms with Crippen LogP contribution in [0.15, 0.2) is 73.3 Å². The summed E-state index contributed by atoms with van der Waals surface area (Å²) < 4.78 is 29.5. The number of carbonyl (C=O) groups is 2. The number of carbonyl (C=O) groups excluding carboxylic acids is 2. The lowest BCUT2D eigenvalue weighted by atomic mass is 9.93. The highest BCUT2D eigenvalue weighted by Crippen LogP contribution is 2.40. The first-order valence-corrected chi connectivity index (χ1v) is 16.3. The number of amides is 2. The van der Waals surface area contributed by atoms with Gasteiger partial charge in [-0.2, -0.15) is 0 Å². The van der Waals surface area contributed by atoms with Gasteiger partial charge in [0.15, 0.2) is 5.82 Å². The Labute approximate surface area is 282 Å². The zero-order valence-electron chi connectivity index (χ0n) is 27.4. The van der Waals surface area contributed by atoms with Gasteiger partial charge in [-0.15, -0.1) is 5.10 Å². The molecule has 2 aliphatic rings. The molecule has 5 aromatic rings. The summed E-state index contributed by atoms with van der Waals surface area (Å²) in [5, 5.41) is 8.27. The van der Waals surface area contributed by atoms with Crippen LogP contribution < -0.4 is 14.4 Å². The largest absolute Gasteiger partial charge is 0.496 e. The molecular weight excluding hydrogens is 627 g/mol. The summed E-state index contributed by atoms with van der Waals surface area (Å²) in [7, 11) is 3.22. The topological polar surface area (TPSA) is 122 Å². The molecule has 1 fully saturated rings. The summed E-state index contributed by atoms with van der Waals surface area (Å²) in [6, 6.07) is 13.1. The number of nitrogens with one attached hydrogen (secondary N) is 1. The molecule has 12 nitrogen and oxygen atoms in total. The van der Waals surface area contributed by atoms with E-state index in [0.717, 1.165) is 11.4 Å². The first kappa shape index (κ1) is 31.9. The highest BCUT2D eigenvalue weighted by molar-refractivity contribution is 6.05. The Morgan fingerprint density at radius 1 is 0.918 bits per heavy atom. The molecule has 2 aliphatic heterocycles. The number of hydrogen-bond acceptors (Lipinski definition) is 8. The molecule has 0 spiro atoms. The fourth-order valence-electron chi connectivity index (χ4n) is 6.68. The third-order valence-electron chi connectivity index (χ3n) is 9.24. The van der Waals surface area contributed by atoms with Crippen molar-refractivity contribution in [2.24, 2.45) is 0 Å². The number of aryl methyl sites for hydroxylation is 1. The number of fused-ring (bicyclic) bond motifs is 1. The third-order valence-corrected chi connectivity index (χ3v) is 9.24. The Bertz CT molecular complexity index is 2020. The maximum absolute atomic E-state index is 16.6. The lowest BCUT2D eigenvalue weighted by Crippen LogP contribution is -2.49. The Morgan fingerprint density at radius 3 is 2.51 bits per heavy atom. The number of piperazine rings is 1. The smallest absolute Gasteiger partial charge is 0.270 e. The van der Waals surface area contributed by atoms with Gasteiger partial charge in [0, 0.05) is 80.8 Å². The van der Waals surface area contributed by atoms with Crippen molar-refractivity contribution in [2.45, 2.75) is 19.4 Å². The molecule has 2 aromatic carbocycles. The SMILES string of the molecule is COc1ccncc1-c1cc(C2=CCCN(C(=O)CCn3ccnn3)C2)c(F)c2[nH]c(C(=O)N3CCN(c4ccccc4OC)CC3)cc12. The van der Waals surface area contributed by atoms with Gasteiger partial charge in [-0.05, 0) is 47.9 Å². The van der Waals surface area contributed by atoms with E-state index in [1.165, 1.54) is 0 Å². The number of rotatable bonds is 9. The molecule has 252 valence electrons. The number of benzene rings is 2. The monoisotopic (exact) mass is 664 g/mol. The Morgan fingerprint density at radius 2 is 1.73 bits per heavy atom. The summed E-state index contributed by atoms with van der Waals surface area (Å²) in [6.45, 7) is 3.46. The number of anilines is 1. The highest BCUT2D eigenvalue weighted by atomic mass is 19.1. The van der Waals surface area contributed by atoms with Gasteiger partial charge in [0.05, 0.1) is 38.2 Å². The minimum Gasteiger partial charge on any atom is -0.496 e. The number of aromatic amines is 1. The van der Waals surface area contributed by atoms with Crippen molar-refractivity contribution in [1.82, 2.24) is 34.8 Å². The number of ether oxygens (including phenoxy) is 2. The van der Waals surface area contributed by atoms with E-state index < -0.39 is 5.82 Å². The molecule has 5 heterocycles. The van der Waals surface area contributed by atoms with Crippen LogP contribution >= 0.6 is 0 Å². The summed E-state index contributed by atoms with van der Waals surface area (Å²) in [4.78, 5) is 40.2. The van der Waals surface area contributed by atoms with Crippen LogP contribution in [0, 0.1) is 5.82 Å². The van der Waals surface area contributed by atoms with Gasteiger partial charge in [-0.1, -0.05) is 23.4 Å². The van der Waals surface area contributed by atoms with Crippen molar-refractivity contribution in [3.05, 3.63) is 90.4 Å². The maximum atomic E-state index is 16.6. The van der Waals surface area contributed by atoms with Gasteiger partial charge in [-0.25, -0.2) is 4.39 Å². The van der Waals surface area contributed by atoms with Crippen LogP contribution in [0.3, 0.4) is 0 Å². The lowest BCUT2D eigenvalue weighted by Gasteiger charge is -2.36. The molecule has 0 atom stereocenters. The van der Waals surface area contributed by atoms with E-state index >= 15 is 4.39 Å². The van der Waals surface area contributed by atoms with Gasteiger partial charge in [0.25, 0.3) is 5.91 Å². The number of methoxy groups -OCH3 is 2. The van der Waals surface area contributed by atoms with Crippen LogP contribution in [-0.4, -0.2) is 100 Å². The predicted octanol–water partition coefficient (Wildman–Crippen LogP) is 4.65. The molecule has 3 aromatic heterocycles. The molecule has 7 rings (SSSR count). The summed E-state index contributed by atoms with van der Waals surface area (Å²) >= 11 is 0. The Kier molecular flexibility index (Phi) is 8.97. The van der Waals surface area contributed by atoms with Crippen LogP contribution in [0.4, 0.5) is 10.1 Å². The van der Waals surface area contributed by atoms with Crippen molar-refractivity contribution >= 4 is 34.0 Å². The number of nitrogens with zero attached hydrogens (tertiary/aromatic N) is 7. The quantitative estimate of drug-likeness (QED) is 0.242. The van der Waals surface area contributed by atoms with E-state index in [4.69, 9.17) is 9.47 Å². The lowest BCUT2D eigenvalue weighted by molar-refractivity contribution is -0.131. The average molecular weight is 665 g/mol. The van der Waals surface area contributed by atoms with E-state index in [1.807, 2.05) is 30.3 Å². The van der Waals surface area contributed by atoms with Crippen molar-refractivity contribution in [1.29, 1.82) is 0 Å². The Balaban J connectivity index is 1.19. The summed E-state index contributed by atoms with van der Waals surface area (Å²) in [5.74, 6) is 0.620. The van der Waals surface area contributed by atoms with E-state index in [1.54, 1.807) is 71.7 Å². The van der Waals surface area contributed by atoms with Crippen LogP contribution in [0.1, 0.15) is 28.9 Å². The zero-order chi connectivity index (χ0) is 33.9. The van der Waals surface area contributed by atoms with Crippen molar-refractivity contribution < 1.29 is 23.5 Å². The van der Waals surface area contributed by atoms with Crippen LogP contribution in [0.5, 0.6) is 11.5 Å². The van der Waals surface area contributed by atoms with Crippen molar-refractivity contribution in [3.63, 3.8) is 0 Å². The van der Waals surface area contributed by atoms with Crippen LogP contribution in [0.25, 0.3) is 27.6 Å². The number of H-pyrrole nitrogens is 1. The fourth-order valence-corrected chi connectivity index (χ4v) is 6.68. The summed E-state index contributed by atoms with van der Waals surface area (Å²) in [6.07, 6.45) is 9.41. The van der Waals surface area contributed by atoms with Gasteiger partial charge < -0.3 is 29.2 Å². The van der Waals surface area contributed by atoms with E-state index in [-0.39, 0.29) is 30.3 Å². The molecule has 2 amide bonds. The van der Waals surface area contributed by atoms with E-state index in [9.17, 15) is 9.59 Å². The second kappa shape index (κ2) is 13.8. The normalized spacial score (nSPS) is 15.0. The number of aromatic nitrogens is 5. The van der Waals surface area contributed by atoms with E-state index in [0.29, 0.717) is 84.8 Å². The number of halogens is 1. The zero-order valence-corrected chi connectivity index (χ0v) is 27.4. The first-order chi connectivity index (χ1) is 23.9. The van der Waals surface area contributed by atoms with Crippen LogP contribution in [0.2, 0.25) is 0 Å². The molecular formula is C36H37FN8O4.